The summed E-state index contributed by atoms with van der Waals surface area (Å²) in [4.78, 5) is 0. The molecule has 2 rings (SSSR count). The van der Waals surface area contributed by atoms with E-state index in [0.717, 1.165) is 4.47 Å². The molecule has 0 fully saturated rings. The van der Waals surface area contributed by atoms with Crippen molar-refractivity contribution < 1.29 is 9.13 Å². The second-order valence-corrected chi connectivity index (χ2v) is 5.33. The van der Waals surface area contributed by atoms with E-state index in [1.54, 1.807) is 24.3 Å². The van der Waals surface area contributed by atoms with E-state index < -0.39 is 5.82 Å². The predicted octanol–water partition coefficient (Wildman–Crippen LogP) is 5.01. The third-order valence-electron chi connectivity index (χ3n) is 2.07. The van der Waals surface area contributed by atoms with Crippen molar-refractivity contribution in [1.82, 2.24) is 0 Å². The molecule has 0 aliphatic heterocycles. The molecule has 0 saturated heterocycles. The zero-order valence-electron chi connectivity index (χ0n) is 8.95. The Labute approximate surface area is 120 Å². The minimum Gasteiger partial charge on any atom is -0.457 e. The van der Waals surface area contributed by atoms with Crippen LogP contribution in [0.15, 0.2) is 45.3 Å². The van der Waals surface area contributed by atoms with Gasteiger partial charge in [0, 0.05) is 15.0 Å². The van der Waals surface area contributed by atoms with Crippen molar-refractivity contribution in [2.75, 3.05) is 0 Å². The summed E-state index contributed by atoms with van der Waals surface area (Å²) in [6.45, 7) is 0. The molecule has 0 atom stereocenters. The number of rotatable bonds is 2. The molecule has 0 spiro atoms. The molecule has 2 aromatic carbocycles. The van der Waals surface area contributed by atoms with Gasteiger partial charge in [-0.05, 0) is 30.3 Å². The fourth-order valence-electron chi connectivity index (χ4n) is 1.41. The molecule has 0 unspecified atom stereocenters. The molecule has 18 heavy (non-hydrogen) atoms. The fraction of sp³-hybridized carbons (Fsp3) is 0. The Morgan fingerprint density at radius 3 is 2.17 bits per heavy atom. The molecular weight excluding hydrogens is 365 g/mol. The van der Waals surface area contributed by atoms with Crippen LogP contribution in [0.1, 0.15) is 5.56 Å². The molecule has 90 valence electrons. The number of nitrogens with zero attached hydrogens (tertiary/aromatic N) is 1. The smallest absolute Gasteiger partial charge is 0.131 e. The summed E-state index contributed by atoms with van der Waals surface area (Å²) in [5.41, 5.74) is 0.467. The van der Waals surface area contributed by atoms with Crippen LogP contribution in [-0.2, 0) is 0 Å². The maximum Gasteiger partial charge on any atom is 0.131 e. The van der Waals surface area contributed by atoms with Crippen molar-refractivity contribution in [1.29, 1.82) is 5.26 Å². The second-order valence-electron chi connectivity index (χ2n) is 3.49. The van der Waals surface area contributed by atoms with Gasteiger partial charge in [-0.25, -0.2) is 4.39 Å². The zero-order chi connectivity index (χ0) is 13.1. The highest BCUT2D eigenvalue weighted by atomic mass is 79.9. The normalized spacial score (nSPS) is 9.89. The highest BCUT2D eigenvalue weighted by molar-refractivity contribution is 9.10. The zero-order valence-corrected chi connectivity index (χ0v) is 12.1. The van der Waals surface area contributed by atoms with Crippen LogP contribution in [0.25, 0.3) is 0 Å². The van der Waals surface area contributed by atoms with Crippen LogP contribution in [0.2, 0.25) is 0 Å². The molecule has 0 aromatic heterocycles. The van der Waals surface area contributed by atoms with E-state index in [-0.39, 0.29) is 0 Å². The van der Waals surface area contributed by atoms with Crippen LogP contribution in [0.3, 0.4) is 0 Å². The first-order valence-corrected chi connectivity index (χ1v) is 6.50. The number of hydrogen-bond donors (Lipinski definition) is 0. The van der Waals surface area contributed by atoms with E-state index >= 15 is 0 Å². The van der Waals surface area contributed by atoms with Crippen LogP contribution >= 0.6 is 31.9 Å². The lowest BCUT2D eigenvalue weighted by molar-refractivity contribution is 0.476. The lowest BCUT2D eigenvalue weighted by Crippen LogP contribution is -1.87. The minimum absolute atomic E-state index is 0.365. The van der Waals surface area contributed by atoms with Gasteiger partial charge in [0.15, 0.2) is 0 Å². The van der Waals surface area contributed by atoms with Crippen molar-refractivity contribution in [3.8, 4) is 17.6 Å². The van der Waals surface area contributed by atoms with Crippen molar-refractivity contribution >= 4 is 31.9 Å². The fourth-order valence-corrected chi connectivity index (χ4v) is 2.33. The van der Waals surface area contributed by atoms with Crippen molar-refractivity contribution in [2.45, 2.75) is 0 Å². The Morgan fingerprint density at radius 1 is 0.944 bits per heavy atom. The van der Waals surface area contributed by atoms with Gasteiger partial charge in [0.25, 0.3) is 0 Å². The molecule has 0 aliphatic rings. The minimum atomic E-state index is -0.394. The predicted molar refractivity (Wildman–Crippen MR) is 73.0 cm³/mol. The van der Waals surface area contributed by atoms with E-state index in [9.17, 15) is 4.39 Å². The standard InChI is InChI=1S/C13H6Br2FNO/c14-9-1-8(7-17)2-12(4-9)18-13-5-10(15)3-11(16)6-13/h1-6H. The van der Waals surface area contributed by atoms with Crippen LogP contribution in [-0.4, -0.2) is 0 Å². The second kappa shape index (κ2) is 5.51. The molecule has 2 aromatic rings. The van der Waals surface area contributed by atoms with Gasteiger partial charge in [-0.15, -0.1) is 0 Å². The molecule has 5 heteroatoms. The summed E-state index contributed by atoms with van der Waals surface area (Å²) >= 11 is 6.47. The van der Waals surface area contributed by atoms with E-state index in [2.05, 4.69) is 31.9 Å². The third-order valence-corrected chi connectivity index (χ3v) is 2.99. The monoisotopic (exact) mass is 369 g/mol. The molecule has 0 heterocycles. The number of benzene rings is 2. The van der Waals surface area contributed by atoms with Gasteiger partial charge in [-0.3, -0.25) is 0 Å². The highest BCUT2D eigenvalue weighted by Crippen LogP contribution is 2.28. The highest BCUT2D eigenvalue weighted by Gasteiger charge is 2.04. The number of hydrogen-bond acceptors (Lipinski definition) is 2. The van der Waals surface area contributed by atoms with E-state index in [0.29, 0.717) is 21.5 Å². The molecule has 0 aliphatic carbocycles. The number of halogens is 3. The molecule has 0 N–H and O–H groups in total. The molecule has 0 saturated carbocycles. The van der Waals surface area contributed by atoms with Gasteiger partial charge >= 0.3 is 0 Å². The van der Waals surface area contributed by atoms with Crippen molar-refractivity contribution in [2.24, 2.45) is 0 Å². The first-order valence-electron chi connectivity index (χ1n) is 4.91. The van der Waals surface area contributed by atoms with Gasteiger partial charge in [-0.1, -0.05) is 31.9 Å². The van der Waals surface area contributed by atoms with Gasteiger partial charge in [-0.2, -0.15) is 5.26 Å². The first-order chi connectivity index (χ1) is 8.56. The summed E-state index contributed by atoms with van der Waals surface area (Å²) in [5, 5.41) is 8.85. The third kappa shape index (κ3) is 3.31. The maximum absolute atomic E-state index is 13.2. The summed E-state index contributed by atoms with van der Waals surface area (Å²) < 4.78 is 20.0. The molecule has 2 nitrogen and oxygen atoms in total. The summed E-state index contributed by atoms with van der Waals surface area (Å²) in [5.74, 6) is 0.442. The Kier molecular flexibility index (Phi) is 4.00. The first kappa shape index (κ1) is 13.1. The molecule has 0 amide bonds. The lowest BCUT2D eigenvalue weighted by atomic mass is 10.2. The molecule has 0 radical (unpaired) electrons. The average molecular weight is 371 g/mol. The maximum atomic E-state index is 13.2. The average Bonchev–Trinajstić information content (AvgIpc) is 2.26. The van der Waals surface area contributed by atoms with Gasteiger partial charge in [0.05, 0.1) is 11.6 Å². The number of nitriles is 1. The van der Waals surface area contributed by atoms with E-state index in [4.69, 9.17) is 10.00 Å². The largest absolute Gasteiger partial charge is 0.457 e. The van der Waals surface area contributed by atoms with Crippen LogP contribution in [0.4, 0.5) is 4.39 Å². The van der Waals surface area contributed by atoms with E-state index in [1.165, 1.54) is 12.1 Å². The lowest BCUT2D eigenvalue weighted by Gasteiger charge is -2.07. The van der Waals surface area contributed by atoms with Gasteiger partial charge in [0.1, 0.15) is 17.3 Å². The van der Waals surface area contributed by atoms with Crippen LogP contribution < -0.4 is 4.74 Å². The molecule has 0 bridgehead atoms. The SMILES string of the molecule is N#Cc1cc(Br)cc(Oc2cc(F)cc(Br)c2)c1. The number of ether oxygens (including phenoxy) is 1. The molecular formula is C13H6Br2FNO. The Balaban J connectivity index is 2.34. The van der Waals surface area contributed by atoms with Gasteiger partial charge < -0.3 is 4.74 Å². The Morgan fingerprint density at radius 2 is 1.56 bits per heavy atom. The Hall–Kier alpha value is -1.38. The summed E-state index contributed by atoms with van der Waals surface area (Å²) in [6.07, 6.45) is 0. The summed E-state index contributed by atoms with van der Waals surface area (Å²) in [7, 11) is 0. The van der Waals surface area contributed by atoms with Crippen molar-refractivity contribution in [3.63, 3.8) is 0 Å². The Bertz CT molecular complexity index is 617. The quantitative estimate of drug-likeness (QED) is 0.743. The topological polar surface area (TPSA) is 33.0 Å². The van der Waals surface area contributed by atoms with Crippen molar-refractivity contribution in [3.05, 3.63) is 56.7 Å². The van der Waals surface area contributed by atoms with Gasteiger partial charge in [0.2, 0.25) is 0 Å². The van der Waals surface area contributed by atoms with E-state index in [1.807, 2.05) is 6.07 Å². The summed E-state index contributed by atoms with van der Waals surface area (Å²) in [6, 6.07) is 11.3. The van der Waals surface area contributed by atoms with Crippen LogP contribution in [0.5, 0.6) is 11.5 Å². The van der Waals surface area contributed by atoms with Crippen LogP contribution in [0, 0.1) is 17.1 Å².